The van der Waals surface area contributed by atoms with Crippen molar-refractivity contribution in [3.05, 3.63) is 0 Å². The molecule has 1 aliphatic rings. The summed E-state index contributed by atoms with van der Waals surface area (Å²) in [5.41, 5.74) is 5.02. The van der Waals surface area contributed by atoms with Gasteiger partial charge in [0.05, 0.1) is 0 Å². The summed E-state index contributed by atoms with van der Waals surface area (Å²) in [4.78, 5) is 10.4. The first-order valence-electron chi connectivity index (χ1n) is 3.69. The Morgan fingerprint density at radius 1 is 1.70 bits per heavy atom. The second-order valence-electron chi connectivity index (χ2n) is 2.64. The van der Waals surface area contributed by atoms with E-state index in [-0.39, 0.29) is 5.91 Å². The predicted molar refractivity (Wildman–Crippen MR) is 43.9 cm³/mol. The Morgan fingerprint density at radius 3 is 3.00 bits per heavy atom. The van der Waals surface area contributed by atoms with Crippen molar-refractivity contribution < 1.29 is 4.79 Å². The Balaban J connectivity index is 2.07. The van der Waals surface area contributed by atoms with Gasteiger partial charge >= 0.3 is 0 Å². The molecule has 0 bridgehead atoms. The zero-order chi connectivity index (χ0) is 7.40. The first kappa shape index (κ1) is 7.92. The smallest absolute Gasteiger partial charge is 0.217 e. The van der Waals surface area contributed by atoms with Crippen LogP contribution < -0.4 is 5.73 Å². The van der Waals surface area contributed by atoms with Gasteiger partial charge < -0.3 is 5.73 Å². The molecule has 1 saturated heterocycles. The number of carbonyl (C=O) groups is 1. The lowest BCUT2D eigenvalue weighted by Gasteiger charge is -2.04. The van der Waals surface area contributed by atoms with E-state index >= 15 is 0 Å². The molecular weight excluding hydrogens is 146 g/mol. The molecule has 0 aliphatic carbocycles. The third-order valence-electron chi connectivity index (χ3n) is 1.74. The van der Waals surface area contributed by atoms with E-state index in [4.69, 9.17) is 5.73 Å². The average molecular weight is 159 g/mol. The van der Waals surface area contributed by atoms with Crippen LogP contribution in [0.15, 0.2) is 0 Å². The van der Waals surface area contributed by atoms with Crippen LogP contribution >= 0.6 is 11.8 Å². The normalized spacial score (nSPS) is 25.0. The van der Waals surface area contributed by atoms with E-state index in [0.717, 1.165) is 6.42 Å². The molecule has 1 heterocycles. The highest BCUT2D eigenvalue weighted by Gasteiger charge is 2.15. The first-order valence-corrected chi connectivity index (χ1v) is 4.74. The number of amides is 1. The summed E-state index contributed by atoms with van der Waals surface area (Å²) in [5, 5.41) is 0.715. The van der Waals surface area contributed by atoms with Crippen molar-refractivity contribution in [2.45, 2.75) is 30.9 Å². The molecule has 1 atom stereocenters. The number of primary amides is 1. The lowest BCUT2D eigenvalue weighted by molar-refractivity contribution is -0.118. The molecule has 1 amide bonds. The number of nitrogens with two attached hydrogens (primary N) is 1. The minimum absolute atomic E-state index is 0.160. The van der Waals surface area contributed by atoms with Crippen LogP contribution in [0.25, 0.3) is 0 Å². The second-order valence-corrected chi connectivity index (χ2v) is 4.05. The predicted octanol–water partition coefficient (Wildman–Crippen LogP) is 1.15. The highest BCUT2D eigenvalue weighted by Crippen LogP contribution is 2.29. The van der Waals surface area contributed by atoms with Crippen molar-refractivity contribution in [3.8, 4) is 0 Å². The van der Waals surface area contributed by atoms with Crippen LogP contribution in [0.2, 0.25) is 0 Å². The van der Waals surface area contributed by atoms with Crippen molar-refractivity contribution in [1.82, 2.24) is 0 Å². The maximum atomic E-state index is 10.4. The molecule has 3 heteroatoms. The maximum absolute atomic E-state index is 10.4. The van der Waals surface area contributed by atoms with Gasteiger partial charge in [0.25, 0.3) is 0 Å². The second kappa shape index (κ2) is 3.86. The summed E-state index contributed by atoms with van der Waals surface area (Å²) >= 11 is 1.98. The zero-order valence-corrected chi connectivity index (χ0v) is 6.82. The Bertz CT molecular complexity index is 121. The van der Waals surface area contributed by atoms with Gasteiger partial charge in [-0.05, 0) is 25.0 Å². The molecular formula is C7H13NOS. The van der Waals surface area contributed by atoms with Crippen molar-refractivity contribution in [3.63, 3.8) is 0 Å². The van der Waals surface area contributed by atoms with E-state index in [1.54, 1.807) is 0 Å². The maximum Gasteiger partial charge on any atom is 0.217 e. The van der Waals surface area contributed by atoms with Crippen molar-refractivity contribution in [1.29, 1.82) is 0 Å². The van der Waals surface area contributed by atoms with Crippen molar-refractivity contribution >= 4 is 17.7 Å². The van der Waals surface area contributed by atoms with Gasteiger partial charge in [0.2, 0.25) is 5.91 Å². The number of hydrogen-bond donors (Lipinski definition) is 1. The highest BCUT2D eigenvalue weighted by molar-refractivity contribution is 8.00. The minimum atomic E-state index is -0.160. The fraction of sp³-hybridized carbons (Fsp3) is 0.857. The summed E-state index contributed by atoms with van der Waals surface area (Å²) in [6.45, 7) is 0. The Hall–Kier alpha value is -0.180. The molecule has 1 rings (SSSR count). The summed E-state index contributed by atoms with van der Waals surface area (Å²) in [7, 11) is 0. The van der Waals surface area contributed by atoms with Gasteiger partial charge in [-0.1, -0.05) is 0 Å². The molecule has 2 N–H and O–H groups in total. The fourth-order valence-corrected chi connectivity index (χ4v) is 2.46. The van der Waals surface area contributed by atoms with Crippen LogP contribution in [0.3, 0.4) is 0 Å². The summed E-state index contributed by atoms with van der Waals surface area (Å²) < 4.78 is 0. The van der Waals surface area contributed by atoms with Gasteiger partial charge in [-0.25, -0.2) is 0 Å². The van der Waals surface area contributed by atoms with Crippen molar-refractivity contribution in [2.24, 2.45) is 5.73 Å². The molecule has 0 aromatic carbocycles. The zero-order valence-electron chi connectivity index (χ0n) is 6.01. The van der Waals surface area contributed by atoms with Crippen LogP contribution in [0.5, 0.6) is 0 Å². The van der Waals surface area contributed by atoms with Gasteiger partial charge in [0.15, 0.2) is 0 Å². The van der Waals surface area contributed by atoms with Crippen molar-refractivity contribution in [2.75, 3.05) is 5.75 Å². The van der Waals surface area contributed by atoms with Gasteiger partial charge in [0.1, 0.15) is 0 Å². The van der Waals surface area contributed by atoms with Crippen LogP contribution in [-0.2, 0) is 4.79 Å². The topological polar surface area (TPSA) is 43.1 Å². The van der Waals surface area contributed by atoms with Crippen LogP contribution in [0.1, 0.15) is 25.7 Å². The van der Waals surface area contributed by atoms with Crippen LogP contribution in [-0.4, -0.2) is 16.9 Å². The molecule has 0 saturated carbocycles. The molecule has 1 fully saturated rings. The van der Waals surface area contributed by atoms with E-state index in [2.05, 4.69) is 0 Å². The van der Waals surface area contributed by atoms with Gasteiger partial charge in [-0.15, -0.1) is 0 Å². The quantitative estimate of drug-likeness (QED) is 0.671. The fourth-order valence-electron chi connectivity index (χ4n) is 1.18. The molecule has 0 aromatic heterocycles. The number of carbonyl (C=O) groups excluding carboxylic acids is 1. The van der Waals surface area contributed by atoms with E-state index < -0.39 is 0 Å². The van der Waals surface area contributed by atoms with E-state index in [0.29, 0.717) is 11.7 Å². The van der Waals surface area contributed by atoms with Gasteiger partial charge in [0, 0.05) is 11.7 Å². The minimum Gasteiger partial charge on any atom is -0.370 e. The number of rotatable bonds is 3. The molecule has 0 radical (unpaired) electrons. The molecule has 2 nitrogen and oxygen atoms in total. The van der Waals surface area contributed by atoms with E-state index in [1.807, 2.05) is 11.8 Å². The Kier molecular flexibility index (Phi) is 3.06. The summed E-state index contributed by atoms with van der Waals surface area (Å²) in [6, 6.07) is 0. The van der Waals surface area contributed by atoms with Crippen LogP contribution in [0, 0.1) is 0 Å². The van der Waals surface area contributed by atoms with E-state index in [1.165, 1.54) is 18.6 Å². The average Bonchev–Trinajstić information content (AvgIpc) is 2.34. The molecule has 1 aliphatic heterocycles. The molecule has 0 spiro atoms. The number of thioether (sulfide) groups is 1. The standard InChI is InChI=1S/C7H13NOS/c8-7(9)4-3-6-2-1-5-10-6/h6H,1-5H2,(H2,8,9). The van der Waals surface area contributed by atoms with Gasteiger partial charge in [-0.3, -0.25) is 4.79 Å². The summed E-state index contributed by atoms with van der Waals surface area (Å²) in [5.74, 6) is 1.11. The third kappa shape index (κ3) is 2.60. The Labute approximate surface area is 65.5 Å². The first-order chi connectivity index (χ1) is 4.79. The Morgan fingerprint density at radius 2 is 2.50 bits per heavy atom. The number of hydrogen-bond acceptors (Lipinski definition) is 2. The lowest BCUT2D eigenvalue weighted by atomic mass is 10.1. The van der Waals surface area contributed by atoms with E-state index in [9.17, 15) is 4.79 Å². The van der Waals surface area contributed by atoms with Crippen LogP contribution in [0.4, 0.5) is 0 Å². The largest absolute Gasteiger partial charge is 0.370 e. The van der Waals surface area contributed by atoms with Gasteiger partial charge in [-0.2, -0.15) is 11.8 Å². The molecule has 58 valence electrons. The SMILES string of the molecule is NC(=O)CCC1CCCS1. The molecule has 1 unspecified atom stereocenters. The monoisotopic (exact) mass is 159 g/mol. The lowest BCUT2D eigenvalue weighted by Crippen LogP contribution is -2.12. The molecule has 10 heavy (non-hydrogen) atoms. The highest BCUT2D eigenvalue weighted by atomic mass is 32.2. The summed E-state index contributed by atoms with van der Waals surface area (Å²) in [6.07, 6.45) is 4.14. The third-order valence-corrected chi connectivity index (χ3v) is 3.20. The molecule has 0 aromatic rings.